The van der Waals surface area contributed by atoms with Crippen LogP contribution in [-0.2, 0) is 6.18 Å². The van der Waals surface area contributed by atoms with Crippen LogP contribution in [0.15, 0.2) is 35.5 Å². The summed E-state index contributed by atoms with van der Waals surface area (Å²) in [6.45, 7) is 6.62. The molecule has 8 heteroatoms. The van der Waals surface area contributed by atoms with E-state index in [4.69, 9.17) is 0 Å². The first-order chi connectivity index (χ1) is 12.1. The summed E-state index contributed by atoms with van der Waals surface area (Å²) in [6.07, 6.45) is -1.75. The fraction of sp³-hybridized carbons (Fsp3) is 0.444. The van der Waals surface area contributed by atoms with Gasteiger partial charge in [0.25, 0.3) is 0 Å². The number of alkyl halides is 3. The molecule has 0 unspecified atom stereocenters. The maximum atomic E-state index is 12.7. The minimum Gasteiger partial charge on any atom is -0.326 e. The lowest BCUT2D eigenvalue weighted by Gasteiger charge is -2.15. The lowest BCUT2D eigenvalue weighted by atomic mass is 10.1. The van der Waals surface area contributed by atoms with Gasteiger partial charge in [-0.1, -0.05) is 13.8 Å². The minimum atomic E-state index is -4.38. The standard InChI is InChI=1S/C18H22F3N3OS/c1-12(2)9-10-23(4)16(25)22-17-24(11-13(3)26-17)15-7-5-14(6-8-15)18(19,20)21/h5-8,11-12H,9-10H2,1-4H3/b22-17-. The highest BCUT2D eigenvalue weighted by Gasteiger charge is 2.30. The molecule has 0 aliphatic heterocycles. The molecule has 0 atom stereocenters. The van der Waals surface area contributed by atoms with Crippen molar-refractivity contribution in [1.29, 1.82) is 0 Å². The molecule has 0 radical (unpaired) electrons. The zero-order chi connectivity index (χ0) is 19.5. The Morgan fingerprint density at radius 3 is 2.42 bits per heavy atom. The number of thiazole rings is 1. The van der Waals surface area contributed by atoms with Gasteiger partial charge in [0.05, 0.1) is 5.56 Å². The number of aryl methyl sites for hydroxylation is 1. The van der Waals surface area contributed by atoms with Gasteiger partial charge in [-0.15, -0.1) is 11.3 Å². The van der Waals surface area contributed by atoms with Gasteiger partial charge in [0.2, 0.25) is 0 Å². The average molecular weight is 385 g/mol. The van der Waals surface area contributed by atoms with Gasteiger partial charge < -0.3 is 4.90 Å². The molecular weight excluding hydrogens is 363 g/mol. The van der Waals surface area contributed by atoms with Crippen LogP contribution >= 0.6 is 11.3 Å². The largest absolute Gasteiger partial charge is 0.416 e. The van der Waals surface area contributed by atoms with E-state index in [1.165, 1.54) is 23.5 Å². The molecule has 1 aromatic carbocycles. The second-order valence-electron chi connectivity index (χ2n) is 6.54. The molecule has 26 heavy (non-hydrogen) atoms. The molecule has 0 aliphatic carbocycles. The summed E-state index contributed by atoms with van der Waals surface area (Å²) in [6, 6.07) is 4.43. The van der Waals surface area contributed by atoms with Gasteiger partial charge in [0.15, 0.2) is 4.80 Å². The number of urea groups is 1. The van der Waals surface area contributed by atoms with E-state index in [1.807, 2.05) is 6.92 Å². The van der Waals surface area contributed by atoms with Crippen molar-refractivity contribution < 1.29 is 18.0 Å². The molecule has 0 spiro atoms. The molecule has 4 nitrogen and oxygen atoms in total. The van der Waals surface area contributed by atoms with E-state index >= 15 is 0 Å². The maximum absolute atomic E-state index is 12.7. The Kier molecular flexibility index (Phi) is 6.28. The Morgan fingerprint density at radius 2 is 1.88 bits per heavy atom. The molecule has 0 saturated carbocycles. The minimum absolute atomic E-state index is 0.367. The van der Waals surface area contributed by atoms with Gasteiger partial charge in [-0.05, 0) is 43.5 Å². The fourth-order valence-electron chi connectivity index (χ4n) is 2.24. The highest BCUT2D eigenvalue weighted by molar-refractivity contribution is 7.09. The second-order valence-corrected chi connectivity index (χ2v) is 7.75. The Balaban J connectivity index is 2.31. The Labute approximate surface area is 154 Å². The first-order valence-corrected chi connectivity index (χ1v) is 9.06. The van der Waals surface area contributed by atoms with Crippen molar-refractivity contribution in [2.24, 2.45) is 10.9 Å². The van der Waals surface area contributed by atoms with E-state index in [0.29, 0.717) is 23.0 Å². The van der Waals surface area contributed by atoms with Crippen LogP contribution in [0.25, 0.3) is 5.69 Å². The van der Waals surface area contributed by atoms with Gasteiger partial charge in [-0.3, -0.25) is 4.57 Å². The second kappa shape index (κ2) is 8.07. The maximum Gasteiger partial charge on any atom is 0.416 e. The molecular formula is C18H22F3N3OS. The van der Waals surface area contributed by atoms with Crippen molar-refractivity contribution in [3.05, 3.63) is 45.7 Å². The predicted molar refractivity (Wildman–Crippen MR) is 96.4 cm³/mol. The zero-order valence-electron chi connectivity index (χ0n) is 15.2. The Bertz CT molecular complexity index is 819. The first-order valence-electron chi connectivity index (χ1n) is 8.24. The van der Waals surface area contributed by atoms with Crippen LogP contribution in [0.2, 0.25) is 0 Å². The molecule has 0 saturated heterocycles. The van der Waals surface area contributed by atoms with E-state index in [1.54, 1.807) is 22.7 Å². The monoisotopic (exact) mass is 385 g/mol. The van der Waals surface area contributed by atoms with Crippen LogP contribution in [-0.4, -0.2) is 29.1 Å². The van der Waals surface area contributed by atoms with Gasteiger partial charge in [0, 0.05) is 30.4 Å². The highest BCUT2D eigenvalue weighted by atomic mass is 32.1. The normalized spacial score (nSPS) is 12.7. The summed E-state index contributed by atoms with van der Waals surface area (Å²) in [5, 5.41) is 0. The van der Waals surface area contributed by atoms with Crippen molar-refractivity contribution in [2.45, 2.75) is 33.4 Å². The summed E-state index contributed by atoms with van der Waals surface area (Å²) < 4.78 is 39.8. The van der Waals surface area contributed by atoms with E-state index in [0.717, 1.165) is 23.4 Å². The predicted octanol–water partition coefficient (Wildman–Crippen LogP) is 4.86. The zero-order valence-corrected chi connectivity index (χ0v) is 16.0. The molecule has 2 amide bonds. The van der Waals surface area contributed by atoms with E-state index in [-0.39, 0.29) is 6.03 Å². The van der Waals surface area contributed by atoms with E-state index < -0.39 is 11.7 Å². The van der Waals surface area contributed by atoms with Crippen LogP contribution in [0.4, 0.5) is 18.0 Å². The van der Waals surface area contributed by atoms with Crippen LogP contribution in [0, 0.1) is 12.8 Å². The summed E-state index contributed by atoms with van der Waals surface area (Å²) >= 11 is 1.32. The summed E-state index contributed by atoms with van der Waals surface area (Å²) in [4.78, 5) is 19.3. The van der Waals surface area contributed by atoms with Crippen molar-refractivity contribution in [2.75, 3.05) is 13.6 Å². The molecule has 1 heterocycles. The SMILES string of the molecule is Cc1cn(-c2ccc(C(F)(F)F)cc2)/c(=N/C(=O)N(C)CCC(C)C)s1. The topological polar surface area (TPSA) is 37.6 Å². The van der Waals surface area contributed by atoms with Crippen LogP contribution in [0.1, 0.15) is 30.7 Å². The highest BCUT2D eigenvalue weighted by Crippen LogP contribution is 2.29. The third kappa shape index (κ3) is 5.20. The third-order valence-electron chi connectivity index (χ3n) is 3.80. The molecule has 1 aromatic heterocycles. The number of aromatic nitrogens is 1. The number of carbonyl (C=O) groups is 1. The Hall–Kier alpha value is -2.09. The van der Waals surface area contributed by atoms with Gasteiger partial charge >= 0.3 is 12.2 Å². The average Bonchev–Trinajstić information content (AvgIpc) is 2.92. The number of carbonyl (C=O) groups excluding carboxylic acids is 1. The van der Waals surface area contributed by atoms with E-state index in [2.05, 4.69) is 18.8 Å². The van der Waals surface area contributed by atoms with Crippen molar-refractivity contribution in [1.82, 2.24) is 9.47 Å². The van der Waals surface area contributed by atoms with Crippen LogP contribution in [0.5, 0.6) is 0 Å². The summed E-state index contributed by atoms with van der Waals surface area (Å²) in [5.41, 5.74) is -0.185. The Morgan fingerprint density at radius 1 is 1.27 bits per heavy atom. The number of hydrogen-bond acceptors (Lipinski definition) is 2. The lowest BCUT2D eigenvalue weighted by Crippen LogP contribution is -2.28. The molecule has 142 valence electrons. The number of nitrogens with zero attached hydrogens (tertiary/aromatic N) is 3. The third-order valence-corrected chi connectivity index (χ3v) is 4.70. The first kappa shape index (κ1) is 20.2. The number of halogens is 3. The quantitative estimate of drug-likeness (QED) is 0.740. The summed E-state index contributed by atoms with van der Waals surface area (Å²) in [5.74, 6) is 0.478. The van der Waals surface area contributed by atoms with Crippen LogP contribution in [0.3, 0.4) is 0 Å². The van der Waals surface area contributed by atoms with Gasteiger partial charge in [-0.25, -0.2) is 4.79 Å². The lowest BCUT2D eigenvalue weighted by molar-refractivity contribution is -0.137. The molecule has 0 bridgehead atoms. The van der Waals surface area contributed by atoms with Gasteiger partial charge in [-0.2, -0.15) is 18.2 Å². The van der Waals surface area contributed by atoms with Crippen LogP contribution < -0.4 is 4.80 Å². The van der Waals surface area contributed by atoms with Crippen molar-refractivity contribution in [3.63, 3.8) is 0 Å². The number of amides is 2. The molecule has 0 N–H and O–H groups in total. The number of rotatable bonds is 4. The molecule has 0 aliphatic rings. The van der Waals surface area contributed by atoms with Crippen molar-refractivity contribution >= 4 is 17.4 Å². The molecule has 2 aromatic rings. The summed E-state index contributed by atoms with van der Waals surface area (Å²) in [7, 11) is 1.69. The van der Waals surface area contributed by atoms with E-state index in [9.17, 15) is 18.0 Å². The van der Waals surface area contributed by atoms with Crippen molar-refractivity contribution in [3.8, 4) is 5.69 Å². The smallest absolute Gasteiger partial charge is 0.326 e. The van der Waals surface area contributed by atoms with Gasteiger partial charge in [0.1, 0.15) is 0 Å². The molecule has 2 rings (SSSR count). The molecule has 0 fully saturated rings. The number of hydrogen-bond donors (Lipinski definition) is 0. The number of benzene rings is 1. The fourth-order valence-corrected chi connectivity index (χ4v) is 3.07.